The minimum absolute atomic E-state index is 0.821. The van der Waals surface area contributed by atoms with Crippen molar-refractivity contribution in [1.82, 2.24) is 4.98 Å². The molecule has 0 aliphatic carbocycles. The first-order valence-electron chi connectivity index (χ1n) is 6.52. The summed E-state index contributed by atoms with van der Waals surface area (Å²) in [5.74, 6) is 0. The van der Waals surface area contributed by atoms with Gasteiger partial charge >= 0.3 is 0 Å². The average molecular weight is 263 g/mol. The van der Waals surface area contributed by atoms with Crippen molar-refractivity contribution in [3.8, 4) is 0 Å². The van der Waals surface area contributed by atoms with Crippen molar-refractivity contribution >= 4 is 17.6 Å². The van der Waals surface area contributed by atoms with Gasteiger partial charge < -0.3 is 0 Å². The molecule has 0 aromatic carbocycles. The Labute approximate surface area is 119 Å². The van der Waals surface area contributed by atoms with E-state index >= 15 is 0 Å². The molecule has 0 amide bonds. The van der Waals surface area contributed by atoms with E-state index in [4.69, 9.17) is 0 Å². The number of pyridine rings is 1. The highest BCUT2D eigenvalue weighted by Gasteiger charge is 2.12. The summed E-state index contributed by atoms with van der Waals surface area (Å²) in [4.78, 5) is 13.4. The second-order valence-electron chi connectivity index (χ2n) is 4.20. The van der Waals surface area contributed by atoms with Gasteiger partial charge in [0.2, 0.25) is 0 Å². The van der Waals surface area contributed by atoms with Gasteiger partial charge in [0.05, 0.1) is 22.8 Å². The van der Waals surface area contributed by atoms with Crippen molar-refractivity contribution in [3.63, 3.8) is 0 Å². The first kappa shape index (κ1) is 13.9. The predicted octanol–water partition coefficient (Wildman–Crippen LogP) is 3.98. The molecule has 1 aliphatic rings. The summed E-state index contributed by atoms with van der Waals surface area (Å²) >= 11 is 0. The summed E-state index contributed by atoms with van der Waals surface area (Å²) in [6.45, 7) is 7.36. The molecular formula is C17H17N3. The second kappa shape index (κ2) is 7.14. The zero-order valence-electron chi connectivity index (χ0n) is 11.4. The van der Waals surface area contributed by atoms with Gasteiger partial charge in [-0.15, -0.1) is 0 Å². The molecule has 3 nitrogen and oxygen atoms in total. The molecule has 0 radical (unpaired) electrons. The molecule has 0 bridgehead atoms. The van der Waals surface area contributed by atoms with Crippen molar-refractivity contribution in [2.24, 2.45) is 9.98 Å². The third-order valence-corrected chi connectivity index (χ3v) is 2.79. The van der Waals surface area contributed by atoms with Crippen molar-refractivity contribution in [1.29, 1.82) is 0 Å². The first-order valence-corrected chi connectivity index (χ1v) is 6.52. The van der Waals surface area contributed by atoms with Gasteiger partial charge in [-0.05, 0) is 31.1 Å². The monoisotopic (exact) mass is 263 g/mol. The van der Waals surface area contributed by atoms with E-state index in [0.717, 1.165) is 35.6 Å². The van der Waals surface area contributed by atoms with Crippen molar-refractivity contribution < 1.29 is 0 Å². The Morgan fingerprint density at radius 1 is 1.25 bits per heavy atom. The van der Waals surface area contributed by atoms with Gasteiger partial charge in [-0.1, -0.05) is 37.5 Å². The largest absolute Gasteiger partial charge is 0.255 e. The van der Waals surface area contributed by atoms with E-state index in [0.29, 0.717) is 0 Å². The SMILES string of the molecule is C=CC=N/C(=C\C=C)C1=NC(c2ccccn2)=CCC1. The normalized spacial score (nSPS) is 15.7. The molecule has 0 fully saturated rings. The van der Waals surface area contributed by atoms with Crippen molar-refractivity contribution in [3.05, 3.63) is 73.2 Å². The van der Waals surface area contributed by atoms with Gasteiger partial charge in [-0.2, -0.15) is 0 Å². The standard InChI is InChI=1S/C17H17N3/c1-3-8-14(18-12-4-2)16-10-7-11-17(20-16)15-9-5-6-13-19-15/h3-6,8-9,11-13H,1-2,7,10H2/b14-8-,18-12?. The Kier molecular flexibility index (Phi) is 4.95. The lowest BCUT2D eigenvalue weighted by molar-refractivity contribution is 1.05. The molecule has 20 heavy (non-hydrogen) atoms. The molecule has 100 valence electrons. The highest BCUT2D eigenvalue weighted by Crippen LogP contribution is 2.22. The van der Waals surface area contributed by atoms with Crippen LogP contribution in [0.1, 0.15) is 18.5 Å². The molecule has 3 heteroatoms. The van der Waals surface area contributed by atoms with Crippen LogP contribution in [0.4, 0.5) is 0 Å². The number of nitrogens with zero attached hydrogens (tertiary/aromatic N) is 3. The van der Waals surface area contributed by atoms with Crippen LogP contribution >= 0.6 is 0 Å². The van der Waals surface area contributed by atoms with E-state index in [2.05, 4.69) is 34.2 Å². The lowest BCUT2D eigenvalue weighted by atomic mass is 10.1. The van der Waals surface area contributed by atoms with E-state index in [1.807, 2.05) is 24.3 Å². The summed E-state index contributed by atoms with van der Waals surface area (Å²) in [6, 6.07) is 5.82. The van der Waals surface area contributed by atoms with Gasteiger partial charge in [-0.25, -0.2) is 4.99 Å². The summed E-state index contributed by atoms with van der Waals surface area (Å²) in [5.41, 5.74) is 3.55. The van der Waals surface area contributed by atoms with Gasteiger partial charge in [0.25, 0.3) is 0 Å². The Bertz CT molecular complexity index is 604. The zero-order chi connectivity index (χ0) is 14.2. The molecule has 0 atom stereocenters. The minimum Gasteiger partial charge on any atom is -0.255 e. The quantitative estimate of drug-likeness (QED) is 0.584. The van der Waals surface area contributed by atoms with Crippen LogP contribution in [0.5, 0.6) is 0 Å². The number of aromatic nitrogens is 1. The molecule has 2 heterocycles. The molecule has 2 rings (SSSR count). The average Bonchev–Trinajstić information content (AvgIpc) is 2.52. The van der Waals surface area contributed by atoms with Gasteiger partial charge in [0.15, 0.2) is 0 Å². The van der Waals surface area contributed by atoms with E-state index in [-0.39, 0.29) is 0 Å². The highest BCUT2D eigenvalue weighted by atomic mass is 14.9. The fourth-order valence-corrected chi connectivity index (χ4v) is 1.91. The first-order chi connectivity index (χ1) is 9.85. The van der Waals surface area contributed by atoms with Gasteiger partial charge in [-0.3, -0.25) is 9.98 Å². The highest BCUT2D eigenvalue weighted by molar-refractivity contribution is 6.05. The summed E-state index contributed by atoms with van der Waals surface area (Å²) in [7, 11) is 0. The third kappa shape index (κ3) is 3.48. The summed E-state index contributed by atoms with van der Waals surface area (Å²) in [6.07, 6.45) is 12.6. The molecular weight excluding hydrogens is 246 g/mol. The smallest absolute Gasteiger partial charge is 0.0882 e. The summed E-state index contributed by atoms with van der Waals surface area (Å²) in [5, 5.41) is 0. The Balaban J connectivity index is 2.33. The molecule has 1 aromatic heterocycles. The van der Waals surface area contributed by atoms with Crippen LogP contribution in [0.15, 0.2) is 77.5 Å². The summed E-state index contributed by atoms with van der Waals surface area (Å²) < 4.78 is 0. The van der Waals surface area contributed by atoms with Crippen molar-refractivity contribution in [2.75, 3.05) is 0 Å². The van der Waals surface area contributed by atoms with Crippen LogP contribution in [0, 0.1) is 0 Å². The maximum absolute atomic E-state index is 4.68. The topological polar surface area (TPSA) is 37.6 Å². The lowest BCUT2D eigenvalue weighted by Crippen LogP contribution is -2.06. The molecule has 0 saturated carbocycles. The van der Waals surface area contributed by atoms with Gasteiger partial charge in [0.1, 0.15) is 0 Å². The fourth-order valence-electron chi connectivity index (χ4n) is 1.91. The molecule has 0 saturated heterocycles. The van der Waals surface area contributed by atoms with E-state index in [1.54, 1.807) is 24.6 Å². The molecule has 1 aliphatic heterocycles. The van der Waals surface area contributed by atoms with E-state index < -0.39 is 0 Å². The minimum atomic E-state index is 0.821. The fraction of sp³-hybridized carbons (Fsp3) is 0.118. The van der Waals surface area contributed by atoms with E-state index in [1.165, 1.54) is 0 Å². The maximum atomic E-state index is 4.68. The maximum Gasteiger partial charge on any atom is 0.0882 e. The molecule has 0 spiro atoms. The predicted molar refractivity (Wildman–Crippen MR) is 85.9 cm³/mol. The van der Waals surface area contributed by atoms with Gasteiger partial charge in [0, 0.05) is 12.4 Å². The van der Waals surface area contributed by atoms with Crippen LogP contribution < -0.4 is 0 Å². The Morgan fingerprint density at radius 3 is 2.85 bits per heavy atom. The number of hydrogen-bond donors (Lipinski definition) is 0. The van der Waals surface area contributed by atoms with Crippen LogP contribution in [0.3, 0.4) is 0 Å². The van der Waals surface area contributed by atoms with Crippen molar-refractivity contribution in [2.45, 2.75) is 12.8 Å². The number of aliphatic imine (C=N–C) groups is 2. The van der Waals surface area contributed by atoms with Crippen LogP contribution in [0.25, 0.3) is 5.70 Å². The van der Waals surface area contributed by atoms with E-state index in [9.17, 15) is 0 Å². The van der Waals surface area contributed by atoms with Crippen LogP contribution in [-0.2, 0) is 0 Å². The zero-order valence-corrected chi connectivity index (χ0v) is 11.4. The number of allylic oxidation sites excluding steroid dienone is 5. The third-order valence-electron chi connectivity index (χ3n) is 2.79. The molecule has 0 N–H and O–H groups in total. The van der Waals surface area contributed by atoms with Crippen LogP contribution in [-0.4, -0.2) is 16.9 Å². The number of rotatable bonds is 5. The Morgan fingerprint density at radius 2 is 2.15 bits per heavy atom. The molecule has 1 aromatic rings. The number of hydrogen-bond acceptors (Lipinski definition) is 3. The Hall–Kier alpha value is -2.55. The lowest BCUT2D eigenvalue weighted by Gasteiger charge is -2.12. The van der Waals surface area contributed by atoms with Crippen LogP contribution in [0.2, 0.25) is 0 Å². The molecule has 0 unspecified atom stereocenters. The second-order valence-corrected chi connectivity index (χ2v) is 4.20.